The number of carbonyl (C=O) groups is 2. The van der Waals surface area contributed by atoms with Gasteiger partial charge in [0.25, 0.3) is 0 Å². The number of amides is 2. The van der Waals surface area contributed by atoms with Crippen molar-refractivity contribution in [2.45, 2.75) is 19.4 Å². The van der Waals surface area contributed by atoms with E-state index in [2.05, 4.69) is 15.6 Å². The molecule has 126 valence electrons. The van der Waals surface area contributed by atoms with Gasteiger partial charge in [0, 0.05) is 19.2 Å². The first-order valence-corrected chi connectivity index (χ1v) is 7.53. The predicted octanol–water partition coefficient (Wildman–Crippen LogP) is 2.43. The average molecular weight is 329 g/mol. The third-order valence-corrected chi connectivity index (χ3v) is 3.11. The highest BCUT2D eigenvalue weighted by molar-refractivity contribution is 5.90. The summed E-state index contributed by atoms with van der Waals surface area (Å²) in [6.45, 7) is 0.515. The molecule has 0 aliphatic heterocycles. The molecule has 1 heterocycles. The molecular weight excluding hydrogens is 310 g/mol. The van der Waals surface area contributed by atoms with E-state index in [9.17, 15) is 14.7 Å². The second-order valence-electron chi connectivity index (χ2n) is 5.01. The number of hydrogen-bond acceptors (Lipinski definition) is 5. The summed E-state index contributed by atoms with van der Waals surface area (Å²) in [5, 5.41) is 14.6. The zero-order valence-electron chi connectivity index (χ0n) is 13.1. The van der Waals surface area contributed by atoms with Gasteiger partial charge in [0.05, 0.1) is 0 Å². The summed E-state index contributed by atoms with van der Waals surface area (Å²) in [4.78, 5) is 27.1. The molecule has 0 saturated heterocycles. The predicted molar refractivity (Wildman–Crippen MR) is 88.4 cm³/mol. The maximum atomic E-state index is 11.7. The number of alkyl carbamates (subject to hydrolysis) is 1. The number of aromatic nitrogens is 1. The highest BCUT2D eigenvalue weighted by Crippen LogP contribution is 2.18. The maximum Gasteiger partial charge on any atom is 0.407 e. The Morgan fingerprint density at radius 3 is 2.67 bits per heavy atom. The zero-order valence-corrected chi connectivity index (χ0v) is 13.1. The van der Waals surface area contributed by atoms with Gasteiger partial charge in [-0.15, -0.1) is 0 Å². The number of hydrogen-bond donors (Lipinski definition) is 3. The molecule has 3 N–H and O–H groups in total. The van der Waals surface area contributed by atoms with Crippen molar-refractivity contribution in [2.75, 3.05) is 11.9 Å². The molecule has 0 aliphatic rings. The van der Waals surface area contributed by atoms with Crippen molar-refractivity contribution in [3.63, 3.8) is 0 Å². The van der Waals surface area contributed by atoms with Gasteiger partial charge in [0.1, 0.15) is 6.61 Å². The lowest BCUT2D eigenvalue weighted by Crippen LogP contribution is -2.26. The lowest BCUT2D eigenvalue weighted by atomic mass is 10.2. The van der Waals surface area contributed by atoms with Gasteiger partial charge in [0.2, 0.25) is 5.91 Å². The van der Waals surface area contributed by atoms with Crippen molar-refractivity contribution >= 4 is 17.8 Å². The molecule has 2 aromatic rings. The van der Waals surface area contributed by atoms with Crippen LogP contribution in [0.1, 0.15) is 18.4 Å². The molecule has 7 nitrogen and oxygen atoms in total. The second kappa shape index (κ2) is 9.14. The molecule has 0 unspecified atom stereocenters. The lowest BCUT2D eigenvalue weighted by Gasteiger charge is -2.08. The number of anilines is 1. The first-order valence-electron chi connectivity index (χ1n) is 7.53. The van der Waals surface area contributed by atoms with Crippen LogP contribution in [0, 0.1) is 0 Å². The Hall–Kier alpha value is -3.09. The Morgan fingerprint density at radius 2 is 1.92 bits per heavy atom. The molecular formula is C17H19N3O4. The van der Waals surface area contributed by atoms with Crippen LogP contribution in [0.25, 0.3) is 0 Å². The summed E-state index contributed by atoms with van der Waals surface area (Å²) in [6.07, 6.45) is 1.58. The third kappa shape index (κ3) is 5.96. The van der Waals surface area contributed by atoms with Crippen LogP contribution in [0.5, 0.6) is 5.75 Å². The molecule has 0 bridgehead atoms. The number of pyridine rings is 1. The third-order valence-electron chi connectivity index (χ3n) is 3.11. The highest BCUT2D eigenvalue weighted by Gasteiger charge is 2.07. The number of nitrogens with zero attached hydrogens (tertiary/aromatic N) is 1. The maximum absolute atomic E-state index is 11.7. The first kappa shape index (κ1) is 17.3. The SMILES string of the molecule is O=C(CCCNC(=O)OCc1ccccc1)Nc1ncccc1O. The fourth-order valence-corrected chi connectivity index (χ4v) is 1.90. The highest BCUT2D eigenvalue weighted by atomic mass is 16.5. The molecule has 0 spiro atoms. The Labute approximate surface area is 139 Å². The fraction of sp³-hybridized carbons (Fsp3) is 0.235. The number of nitrogens with one attached hydrogen (secondary N) is 2. The summed E-state index contributed by atoms with van der Waals surface area (Å²) in [5.41, 5.74) is 0.905. The zero-order chi connectivity index (χ0) is 17.2. The van der Waals surface area contributed by atoms with E-state index in [1.54, 1.807) is 6.07 Å². The van der Waals surface area contributed by atoms with Gasteiger partial charge >= 0.3 is 6.09 Å². The Morgan fingerprint density at radius 1 is 1.12 bits per heavy atom. The summed E-state index contributed by atoms with van der Waals surface area (Å²) in [6, 6.07) is 12.4. The Balaban J connectivity index is 1.59. The van der Waals surface area contributed by atoms with E-state index < -0.39 is 6.09 Å². The molecule has 1 aromatic heterocycles. The summed E-state index contributed by atoms with van der Waals surface area (Å²) in [5.74, 6) is -0.255. The van der Waals surface area contributed by atoms with Gasteiger partial charge in [-0.25, -0.2) is 9.78 Å². The van der Waals surface area contributed by atoms with Crippen LogP contribution in [0.2, 0.25) is 0 Å². The van der Waals surface area contributed by atoms with Crippen molar-refractivity contribution in [3.8, 4) is 5.75 Å². The molecule has 24 heavy (non-hydrogen) atoms. The lowest BCUT2D eigenvalue weighted by molar-refractivity contribution is -0.116. The number of carbonyl (C=O) groups excluding carboxylic acids is 2. The van der Waals surface area contributed by atoms with E-state index in [4.69, 9.17) is 4.74 Å². The second-order valence-corrected chi connectivity index (χ2v) is 5.01. The van der Waals surface area contributed by atoms with Gasteiger partial charge in [-0.05, 0) is 24.1 Å². The number of rotatable bonds is 7. The van der Waals surface area contributed by atoms with Crippen LogP contribution in [0.4, 0.5) is 10.6 Å². The van der Waals surface area contributed by atoms with E-state index in [1.165, 1.54) is 12.3 Å². The van der Waals surface area contributed by atoms with E-state index >= 15 is 0 Å². The smallest absolute Gasteiger partial charge is 0.407 e. The summed E-state index contributed by atoms with van der Waals surface area (Å²) in [7, 11) is 0. The molecule has 0 fully saturated rings. The van der Waals surface area contributed by atoms with Crippen molar-refractivity contribution in [1.82, 2.24) is 10.3 Å². The summed E-state index contributed by atoms with van der Waals surface area (Å²) >= 11 is 0. The first-order chi connectivity index (χ1) is 11.6. The largest absolute Gasteiger partial charge is 0.504 e. The van der Waals surface area contributed by atoms with Crippen LogP contribution >= 0.6 is 0 Å². The van der Waals surface area contributed by atoms with Crippen molar-refractivity contribution < 1.29 is 19.4 Å². The van der Waals surface area contributed by atoms with Gasteiger partial charge in [-0.2, -0.15) is 0 Å². The molecule has 0 aliphatic carbocycles. The molecule has 0 radical (unpaired) electrons. The van der Waals surface area contributed by atoms with Gasteiger partial charge in [-0.1, -0.05) is 30.3 Å². The molecule has 0 saturated carbocycles. The van der Waals surface area contributed by atoms with E-state index in [0.717, 1.165) is 5.56 Å². The monoisotopic (exact) mass is 329 g/mol. The topological polar surface area (TPSA) is 101 Å². The van der Waals surface area contributed by atoms with Crippen LogP contribution in [-0.2, 0) is 16.1 Å². The minimum Gasteiger partial charge on any atom is -0.504 e. The minimum atomic E-state index is -0.526. The standard InChI is InChI=1S/C17H19N3O4/c21-14-8-4-10-18-16(14)20-15(22)9-5-11-19-17(23)24-12-13-6-2-1-3-7-13/h1-4,6-8,10,21H,5,9,11-12H2,(H,19,23)(H,18,20,22). The molecule has 2 amide bonds. The minimum absolute atomic E-state index is 0.0894. The average Bonchev–Trinajstić information content (AvgIpc) is 2.60. The number of benzene rings is 1. The van der Waals surface area contributed by atoms with Gasteiger partial charge in [0.15, 0.2) is 11.6 Å². The van der Waals surface area contributed by atoms with Crippen LogP contribution in [0.15, 0.2) is 48.7 Å². The van der Waals surface area contributed by atoms with E-state index in [1.807, 2.05) is 30.3 Å². The number of ether oxygens (including phenoxy) is 1. The van der Waals surface area contributed by atoms with Crippen LogP contribution < -0.4 is 10.6 Å². The van der Waals surface area contributed by atoms with Crippen molar-refractivity contribution in [1.29, 1.82) is 0 Å². The van der Waals surface area contributed by atoms with E-state index in [-0.39, 0.29) is 30.5 Å². The Kier molecular flexibility index (Phi) is 6.58. The molecule has 2 rings (SSSR count). The van der Waals surface area contributed by atoms with Crippen molar-refractivity contribution in [3.05, 3.63) is 54.2 Å². The van der Waals surface area contributed by atoms with Crippen molar-refractivity contribution in [2.24, 2.45) is 0 Å². The van der Waals surface area contributed by atoms with Crippen LogP contribution in [-0.4, -0.2) is 28.6 Å². The molecule has 7 heteroatoms. The van der Waals surface area contributed by atoms with Gasteiger partial charge < -0.3 is 20.5 Å². The quantitative estimate of drug-likeness (QED) is 0.677. The fourth-order valence-electron chi connectivity index (χ4n) is 1.90. The number of aromatic hydroxyl groups is 1. The normalized spacial score (nSPS) is 10.0. The Bertz CT molecular complexity index is 677. The van der Waals surface area contributed by atoms with Gasteiger partial charge in [-0.3, -0.25) is 4.79 Å². The van der Waals surface area contributed by atoms with Crippen LogP contribution in [0.3, 0.4) is 0 Å². The molecule has 0 atom stereocenters. The summed E-state index contributed by atoms with van der Waals surface area (Å²) < 4.78 is 5.05. The van der Waals surface area contributed by atoms with E-state index in [0.29, 0.717) is 13.0 Å². The molecule has 1 aromatic carbocycles.